The summed E-state index contributed by atoms with van der Waals surface area (Å²) in [4.78, 5) is 0. The molecule has 1 fully saturated rings. The standard InChI is InChI=1S/C33H30BNO2/c1-32(2)33(3,4)37-34(36-32)27-14-16-31-26(20-27)19-24-10-6-8-12-29(24)28-11-7-5-9-23(28)18-25-17-22(21-35)13-15-30(25)31/h5-17,20H,18-19H2,1-4H3. The molecule has 4 heteroatoms. The van der Waals surface area contributed by atoms with Gasteiger partial charge in [-0.3, -0.25) is 0 Å². The second kappa shape index (κ2) is 8.73. The summed E-state index contributed by atoms with van der Waals surface area (Å²) in [5, 5.41) is 9.65. The van der Waals surface area contributed by atoms with Crippen LogP contribution >= 0.6 is 0 Å². The van der Waals surface area contributed by atoms with Crippen molar-refractivity contribution in [2.75, 3.05) is 0 Å². The summed E-state index contributed by atoms with van der Waals surface area (Å²) in [6, 6.07) is 32.3. The van der Waals surface area contributed by atoms with Crippen LogP contribution in [-0.4, -0.2) is 18.3 Å². The van der Waals surface area contributed by atoms with Crippen LogP contribution < -0.4 is 5.46 Å². The van der Waals surface area contributed by atoms with Gasteiger partial charge in [0.25, 0.3) is 0 Å². The maximum atomic E-state index is 9.65. The normalized spacial score (nSPS) is 17.1. The largest absolute Gasteiger partial charge is 0.494 e. The summed E-state index contributed by atoms with van der Waals surface area (Å²) in [7, 11) is -0.415. The van der Waals surface area contributed by atoms with Gasteiger partial charge in [-0.2, -0.15) is 5.26 Å². The minimum atomic E-state index is -0.415. The lowest BCUT2D eigenvalue weighted by molar-refractivity contribution is 0.00578. The van der Waals surface area contributed by atoms with Crippen LogP contribution in [-0.2, 0) is 22.2 Å². The lowest BCUT2D eigenvalue weighted by atomic mass is 9.75. The van der Waals surface area contributed by atoms with Crippen LogP contribution in [0.4, 0.5) is 0 Å². The first-order valence-electron chi connectivity index (χ1n) is 12.9. The van der Waals surface area contributed by atoms with E-state index in [0.29, 0.717) is 5.56 Å². The van der Waals surface area contributed by atoms with Crippen LogP contribution in [0.25, 0.3) is 22.3 Å². The molecule has 1 aliphatic carbocycles. The predicted molar refractivity (Wildman–Crippen MR) is 150 cm³/mol. The van der Waals surface area contributed by atoms with Gasteiger partial charge in [0, 0.05) is 0 Å². The second-order valence-corrected chi connectivity index (χ2v) is 11.2. The SMILES string of the molecule is CC1(C)OB(c2ccc3c(c2)Cc2ccccc2-c2ccccc2Cc2cc(C#N)ccc2-3)OC1(C)C. The van der Waals surface area contributed by atoms with Crippen LogP contribution in [0.15, 0.2) is 84.9 Å². The second-order valence-electron chi connectivity index (χ2n) is 11.2. The quantitative estimate of drug-likeness (QED) is 0.250. The molecule has 3 nitrogen and oxygen atoms in total. The minimum Gasteiger partial charge on any atom is -0.399 e. The Morgan fingerprint density at radius 2 is 1.11 bits per heavy atom. The highest BCUT2D eigenvalue weighted by Crippen LogP contribution is 2.39. The zero-order chi connectivity index (χ0) is 25.8. The van der Waals surface area contributed by atoms with Crippen molar-refractivity contribution in [2.24, 2.45) is 0 Å². The highest BCUT2D eigenvalue weighted by Gasteiger charge is 2.51. The molecule has 4 aromatic rings. The molecular weight excluding hydrogens is 453 g/mol. The van der Waals surface area contributed by atoms with Gasteiger partial charge >= 0.3 is 7.12 Å². The molecule has 182 valence electrons. The average Bonchev–Trinajstić information content (AvgIpc) is 3.11. The van der Waals surface area contributed by atoms with Crippen molar-refractivity contribution >= 4 is 12.6 Å². The topological polar surface area (TPSA) is 42.2 Å². The summed E-state index contributed by atoms with van der Waals surface area (Å²) in [5.41, 5.74) is 10.7. The first-order valence-corrected chi connectivity index (χ1v) is 12.9. The molecule has 0 atom stereocenters. The Morgan fingerprint density at radius 3 is 1.68 bits per heavy atom. The number of nitriles is 1. The van der Waals surface area contributed by atoms with Gasteiger partial charge in [-0.15, -0.1) is 0 Å². The van der Waals surface area contributed by atoms with Gasteiger partial charge in [0.15, 0.2) is 0 Å². The molecule has 0 unspecified atom stereocenters. The van der Waals surface area contributed by atoms with E-state index in [1.54, 1.807) is 0 Å². The Balaban J connectivity index is 1.56. The van der Waals surface area contributed by atoms with E-state index in [1.165, 1.54) is 38.9 Å². The Bertz CT molecular complexity index is 1550. The maximum Gasteiger partial charge on any atom is 0.494 e. The lowest BCUT2D eigenvalue weighted by Gasteiger charge is -2.32. The van der Waals surface area contributed by atoms with Gasteiger partial charge < -0.3 is 9.31 Å². The van der Waals surface area contributed by atoms with E-state index in [0.717, 1.165) is 23.9 Å². The average molecular weight is 483 g/mol. The zero-order valence-electron chi connectivity index (χ0n) is 21.8. The van der Waals surface area contributed by atoms with E-state index < -0.39 is 18.3 Å². The van der Waals surface area contributed by atoms with Crippen molar-refractivity contribution in [3.8, 4) is 28.3 Å². The van der Waals surface area contributed by atoms with E-state index in [1.807, 2.05) is 12.1 Å². The molecular formula is C33H30BNO2. The first kappa shape index (κ1) is 23.7. The fourth-order valence-corrected chi connectivity index (χ4v) is 5.51. The van der Waals surface area contributed by atoms with Crippen LogP contribution in [0.1, 0.15) is 55.5 Å². The van der Waals surface area contributed by atoms with Crippen LogP contribution in [0.5, 0.6) is 0 Å². The van der Waals surface area contributed by atoms with Crippen molar-refractivity contribution in [3.05, 3.63) is 113 Å². The van der Waals surface area contributed by atoms with Crippen LogP contribution in [0.2, 0.25) is 0 Å². The molecule has 0 radical (unpaired) electrons. The van der Waals surface area contributed by atoms with Gasteiger partial charge in [0.2, 0.25) is 0 Å². The maximum absolute atomic E-state index is 9.65. The third kappa shape index (κ3) is 4.09. The number of hydrogen-bond acceptors (Lipinski definition) is 3. The molecule has 2 aliphatic rings. The van der Waals surface area contributed by atoms with Crippen molar-refractivity contribution < 1.29 is 9.31 Å². The molecule has 6 rings (SSSR count). The summed E-state index contributed by atoms with van der Waals surface area (Å²) < 4.78 is 12.8. The van der Waals surface area contributed by atoms with E-state index >= 15 is 0 Å². The minimum absolute atomic E-state index is 0.395. The summed E-state index contributed by atoms with van der Waals surface area (Å²) in [6.45, 7) is 8.35. The summed E-state index contributed by atoms with van der Waals surface area (Å²) in [6.07, 6.45) is 1.54. The van der Waals surface area contributed by atoms with E-state index in [9.17, 15) is 5.26 Å². The van der Waals surface area contributed by atoms with Gasteiger partial charge in [0.05, 0.1) is 22.8 Å². The third-order valence-corrected chi connectivity index (χ3v) is 8.27. The van der Waals surface area contributed by atoms with Crippen molar-refractivity contribution in [3.63, 3.8) is 0 Å². The smallest absolute Gasteiger partial charge is 0.399 e. The highest BCUT2D eigenvalue weighted by atomic mass is 16.7. The number of benzene rings is 4. The van der Waals surface area contributed by atoms with Crippen molar-refractivity contribution in [2.45, 2.75) is 51.7 Å². The lowest BCUT2D eigenvalue weighted by Crippen LogP contribution is -2.41. The van der Waals surface area contributed by atoms with Crippen molar-refractivity contribution in [1.82, 2.24) is 0 Å². The molecule has 0 saturated carbocycles. The Hall–Kier alpha value is -3.65. The monoisotopic (exact) mass is 483 g/mol. The zero-order valence-corrected chi connectivity index (χ0v) is 21.8. The van der Waals surface area contributed by atoms with Gasteiger partial charge in [-0.1, -0.05) is 72.8 Å². The fraction of sp³-hybridized carbons (Fsp3) is 0.242. The predicted octanol–water partition coefficient (Wildman–Crippen LogP) is 6.69. The highest BCUT2D eigenvalue weighted by molar-refractivity contribution is 6.62. The molecule has 4 aromatic carbocycles. The third-order valence-electron chi connectivity index (χ3n) is 8.27. The first-order chi connectivity index (χ1) is 17.8. The molecule has 0 spiro atoms. The van der Waals surface area contributed by atoms with Gasteiger partial charge in [-0.25, -0.2) is 0 Å². The van der Waals surface area contributed by atoms with Gasteiger partial charge in [-0.05, 0) is 103 Å². The molecule has 0 bridgehead atoms. The van der Waals surface area contributed by atoms with Crippen molar-refractivity contribution in [1.29, 1.82) is 5.26 Å². The molecule has 0 aromatic heterocycles. The Morgan fingerprint density at radius 1 is 0.622 bits per heavy atom. The molecule has 0 amide bonds. The number of fused-ring (bicyclic) bond motifs is 6. The van der Waals surface area contributed by atoms with E-state index in [-0.39, 0.29) is 0 Å². The molecule has 1 aliphatic heterocycles. The number of rotatable bonds is 1. The molecule has 1 saturated heterocycles. The Labute approximate surface area is 219 Å². The van der Waals surface area contributed by atoms with Gasteiger partial charge in [0.1, 0.15) is 0 Å². The van der Waals surface area contributed by atoms with E-state index in [2.05, 4.69) is 107 Å². The molecule has 37 heavy (non-hydrogen) atoms. The van der Waals surface area contributed by atoms with Crippen LogP contribution in [0, 0.1) is 11.3 Å². The van der Waals surface area contributed by atoms with E-state index in [4.69, 9.17) is 9.31 Å². The molecule has 1 heterocycles. The number of nitrogens with zero attached hydrogens (tertiary/aromatic N) is 1. The van der Waals surface area contributed by atoms with Crippen LogP contribution in [0.3, 0.4) is 0 Å². The summed E-state index contributed by atoms with van der Waals surface area (Å²) >= 11 is 0. The Kier molecular flexibility index (Phi) is 5.60. The number of hydrogen-bond donors (Lipinski definition) is 0. The fourth-order valence-electron chi connectivity index (χ4n) is 5.51. The molecule has 0 N–H and O–H groups in total. The summed E-state index contributed by atoms with van der Waals surface area (Å²) in [5.74, 6) is 0.